The number of piperidine rings is 1. The molecule has 0 atom stereocenters. The number of halogens is 1. The highest BCUT2D eigenvalue weighted by atomic mass is 35.5. The normalized spacial score (nSPS) is 13.2. The van der Waals surface area contributed by atoms with E-state index < -0.39 is 10.0 Å². The molecule has 0 unspecified atom stereocenters. The van der Waals surface area contributed by atoms with E-state index in [4.69, 9.17) is 23.1 Å². The second kappa shape index (κ2) is 16.2. The van der Waals surface area contributed by atoms with Crippen molar-refractivity contribution in [2.24, 2.45) is 0 Å². The fraction of sp³-hybridized carbons (Fsp3) is 0.391. The zero-order valence-electron chi connectivity index (χ0n) is 20.6. The van der Waals surface area contributed by atoms with Gasteiger partial charge in [0.2, 0.25) is 10.0 Å². The standard InChI is InChI=1S/C15H18N4O2S2.C4H4ClN3.2C2H6/c16-14-8-9-15(18-17-14)22-12-4-6-13(7-5-12)23(20,21)19-10-2-1-3-11-19;5-3-1-2-4(6)8-7-3;2*1-2/h4-9H,1-3,10-11H2,(H2,16,17);1-2H,(H2,6,8);2*1-2H3. The summed E-state index contributed by atoms with van der Waals surface area (Å²) in [6.45, 7) is 9.22. The highest BCUT2D eigenvalue weighted by Gasteiger charge is 2.25. The predicted molar refractivity (Wildman–Crippen MR) is 144 cm³/mol. The van der Waals surface area contributed by atoms with Gasteiger partial charge in [0.1, 0.15) is 16.7 Å². The van der Waals surface area contributed by atoms with Gasteiger partial charge in [0.05, 0.1) is 4.90 Å². The van der Waals surface area contributed by atoms with Gasteiger partial charge in [0, 0.05) is 18.0 Å². The van der Waals surface area contributed by atoms with Crippen molar-refractivity contribution in [1.29, 1.82) is 0 Å². The third-order valence-corrected chi connectivity index (χ3v) is 7.36. The van der Waals surface area contributed by atoms with E-state index in [0.717, 1.165) is 24.2 Å². The largest absolute Gasteiger partial charge is 0.382 e. The third kappa shape index (κ3) is 10.4. The molecule has 0 aliphatic carbocycles. The van der Waals surface area contributed by atoms with Gasteiger partial charge < -0.3 is 11.5 Å². The molecule has 0 bridgehead atoms. The van der Waals surface area contributed by atoms with E-state index in [1.807, 2.05) is 27.7 Å². The Morgan fingerprint density at radius 1 is 0.771 bits per heavy atom. The Bertz CT molecular complexity index is 1060. The van der Waals surface area contributed by atoms with Crippen LogP contribution in [0.5, 0.6) is 0 Å². The molecular weight excluding hydrogens is 506 g/mol. The highest BCUT2D eigenvalue weighted by Crippen LogP contribution is 2.28. The topological polar surface area (TPSA) is 141 Å². The second-order valence-corrected chi connectivity index (χ2v) is 10.0. The van der Waals surface area contributed by atoms with Crippen molar-refractivity contribution in [2.75, 3.05) is 24.6 Å². The minimum atomic E-state index is -3.38. The average Bonchev–Trinajstić information content (AvgIpc) is 2.91. The van der Waals surface area contributed by atoms with Crippen LogP contribution in [0.1, 0.15) is 47.0 Å². The maximum Gasteiger partial charge on any atom is 0.243 e. The van der Waals surface area contributed by atoms with Gasteiger partial charge in [-0.05, 0) is 61.4 Å². The Morgan fingerprint density at radius 3 is 1.77 bits per heavy atom. The summed E-state index contributed by atoms with van der Waals surface area (Å²) in [5.74, 6) is 0.756. The van der Waals surface area contributed by atoms with Crippen LogP contribution in [0.15, 0.2) is 63.3 Å². The Morgan fingerprint density at radius 2 is 1.31 bits per heavy atom. The highest BCUT2D eigenvalue weighted by molar-refractivity contribution is 7.99. The minimum Gasteiger partial charge on any atom is -0.382 e. The first-order valence-electron chi connectivity index (χ1n) is 11.5. The molecule has 2 aromatic heterocycles. The number of aromatic nitrogens is 4. The number of nitrogen functional groups attached to an aromatic ring is 2. The van der Waals surface area contributed by atoms with Gasteiger partial charge in [-0.25, -0.2) is 8.42 Å². The first kappa shape index (κ1) is 30.6. The fourth-order valence-electron chi connectivity index (χ4n) is 2.77. The Labute approximate surface area is 217 Å². The molecule has 0 radical (unpaired) electrons. The number of hydrogen-bond acceptors (Lipinski definition) is 9. The van der Waals surface area contributed by atoms with Crippen molar-refractivity contribution in [1.82, 2.24) is 24.7 Å². The van der Waals surface area contributed by atoms with Crippen LogP contribution in [0.3, 0.4) is 0 Å². The van der Waals surface area contributed by atoms with Crippen LogP contribution in [-0.4, -0.2) is 46.2 Å². The van der Waals surface area contributed by atoms with Gasteiger partial charge in [-0.2, -0.15) is 4.31 Å². The average molecular weight is 540 g/mol. The van der Waals surface area contributed by atoms with Gasteiger partial charge in [-0.1, -0.05) is 57.5 Å². The molecule has 4 rings (SSSR count). The van der Waals surface area contributed by atoms with Crippen molar-refractivity contribution in [3.8, 4) is 0 Å². The lowest BCUT2D eigenvalue weighted by Gasteiger charge is -2.25. The number of hydrogen-bond donors (Lipinski definition) is 2. The number of benzene rings is 1. The molecule has 0 saturated carbocycles. The zero-order chi connectivity index (χ0) is 26.3. The SMILES string of the molecule is CC.CC.Nc1ccc(Cl)nn1.Nc1ccc(Sc2ccc(S(=O)(=O)N3CCCCC3)cc2)nn1. The van der Waals surface area contributed by atoms with Crippen molar-refractivity contribution < 1.29 is 8.42 Å². The van der Waals surface area contributed by atoms with E-state index in [1.165, 1.54) is 11.8 Å². The quantitative estimate of drug-likeness (QED) is 0.460. The maximum absolute atomic E-state index is 12.6. The van der Waals surface area contributed by atoms with Gasteiger partial charge in [-0.3, -0.25) is 0 Å². The molecule has 192 valence electrons. The molecule has 35 heavy (non-hydrogen) atoms. The molecule has 1 saturated heterocycles. The molecular formula is C23H34ClN7O2S2. The molecule has 9 nitrogen and oxygen atoms in total. The van der Waals surface area contributed by atoms with Crippen LogP contribution in [-0.2, 0) is 10.0 Å². The smallest absolute Gasteiger partial charge is 0.243 e. The molecule has 1 aliphatic rings. The van der Waals surface area contributed by atoms with Crippen molar-refractivity contribution >= 4 is 45.0 Å². The number of anilines is 2. The minimum absolute atomic E-state index is 0.340. The molecule has 1 fully saturated rings. The molecule has 1 aromatic carbocycles. The van der Waals surface area contributed by atoms with Crippen LogP contribution in [0.4, 0.5) is 11.6 Å². The Kier molecular flexibility index (Phi) is 14.2. The van der Waals surface area contributed by atoms with E-state index in [1.54, 1.807) is 52.8 Å². The van der Waals surface area contributed by atoms with E-state index >= 15 is 0 Å². The first-order chi connectivity index (χ1) is 16.8. The van der Waals surface area contributed by atoms with Gasteiger partial charge in [-0.15, -0.1) is 20.4 Å². The molecule has 0 spiro atoms. The summed E-state index contributed by atoms with van der Waals surface area (Å²) in [6, 6.07) is 13.5. The summed E-state index contributed by atoms with van der Waals surface area (Å²) < 4.78 is 26.7. The van der Waals surface area contributed by atoms with Crippen LogP contribution in [0.2, 0.25) is 5.15 Å². The molecule has 12 heteroatoms. The number of nitrogens with two attached hydrogens (primary N) is 2. The first-order valence-corrected chi connectivity index (χ1v) is 14.1. The van der Waals surface area contributed by atoms with Crippen LogP contribution >= 0.6 is 23.4 Å². The monoisotopic (exact) mass is 539 g/mol. The summed E-state index contributed by atoms with van der Waals surface area (Å²) >= 11 is 6.80. The van der Waals surface area contributed by atoms with Crippen molar-refractivity contribution in [3.63, 3.8) is 0 Å². The lowest BCUT2D eigenvalue weighted by molar-refractivity contribution is 0.346. The van der Waals surface area contributed by atoms with Crippen LogP contribution < -0.4 is 11.5 Å². The lowest BCUT2D eigenvalue weighted by atomic mass is 10.2. The van der Waals surface area contributed by atoms with Crippen molar-refractivity contribution in [3.05, 3.63) is 53.7 Å². The Balaban J connectivity index is 0.000000427. The molecule has 3 aromatic rings. The third-order valence-electron chi connectivity index (χ3n) is 4.31. The molecule has 4 N–H and O–H groups in total. The number of sulfonamides is 1. The number of rotatable bonds is 4. The van der Waals surface area contributed by atoms with Crippen molar-refractivity contribution in [2.45, 2.75) is 61.8 Å². The van der Waals surface area contributed by atoms with Gasteiger partial charge in [0.25, 0.3) is 0 Å². The van der Waals surface area contributed by atoms with Gasteiger partial charge >= 0.3 is 0 Å². The van der Waals surface area contributed by atoms with Crippen LogP contribution in [0.25, 0.3) is 0 Å². The summed E-state index contributed by atoms with van der Waals surface area (Å²) in [6.07, 6.45) is 2.97. The summed E-state index contributed by atoms with van der Waals surface area (Å²) in [7, 11) is -3.38. The van der Waals surface area contributed by atoms with Crippen LogP contribution in [0, 0.1) is 0 Å². The predicted octanol–water partition coefficient (Wildman–Crippen LogP) is 5.15. The molecule has 1 aliphatic heterocycles. The second-order valence-electron chi connectivity index (χ2n) is 6.62. The summed E-state index contributed by atoms with van der Waals surface area (Å²) in [4.78, 5) is 1.24. The fourth-order valence-corrected chi connectivity index (χ4v) is 5.12. The van der Waals surface area contributed by atoms with E-state index in [2.05, 4.69) is 20.4 Å². The summed E-state index contributed by atoms with van der Waals surface area (Å²) in [5, 5.41) is 15.8. The van der Waals surface area contributed by atoms with Gasteiger partial charge in [0.15, 0.2) is 5.15 Å². The number of nitrogens with zero attached hydrogens (tertiary/aromatic N) is 5. The van der Waals surface area contributed by atoms with E-state index in [9.17, 15) is 8.42 Å². The molecule has 0 amide bonds. The Hall–Kier alpha value is -2.47. The maximum atomic E-state index is 12.6. The van der Waals surface area contributed by atoms with E-state index in [-0.39, 0.29) is 0 Å². The lowest BCUT2D eigenvalue weighted by Crippen LogP contribution is -2.35. The summed E-state index contributed by atoms with van der Waals surface area (Å²) in [5.41, 5.74) is 10.7. The zero-order valence-corrected chi connectivity index (χ0v) is 22.9. The van der Waals surface area contributed by atoms with E-state index in [0.29, 0.717) is 39.8 Å². The molecule has 3 heterocycles.